The second-order valence-corrected chi connectivity index (χ2v) is 4.76. The number of halogens is 1. The van der Waals surface area contributed by atoms with E-state index in [1.54, 1.807) is 6.07 Å². The van der Waals surface area contributed by atoms with Crippen molar-refractivity contribution in [3.8, 4) is 0 Å². The summed E-state index contributed by atoms with van der Waals surface area (Å²) in [5.74, 6) is -0.149. The fourth-order valence-electron chi connectivity index (χ4n) is 1.87. The highest BCUT2D eigenvalue weighted by atomic mass is 19.1. The van der Waals surface area contributed by atoms with Crippen LogP contribution < -0.4 is 5.32 Å². The van der Waals surface area contributed by atoms with Crippen molar-refractivity contribution in [1.82, 2.24) is 5.32 Å². The molecule has 1 aliphatic carbocycles. The van der Waals surface area contributed by atoms with Gasteiger partial charge in [-0.25, -0.2) is 4.39 Å². The molecular formula is C15H20FN. The van der Waals surface area contributed by atoms with E-state index in [4.69, 9.17) is 0 Å². The SMILES string of the molecule is Cc1cc(F)ccc1C/C=C/CCNC1CC1. The van der Waals surface area contributed by atoms with E-state index < -0.39 is 0 Å². The highest BCUT2D eigenvalue weighted by molar-refractivity contribution is 5.28. The zero-order chi connectivity index (χ0) is 12.1. The smallest absolute Gasteiger partial charge is 0.123 e. The van der Waals surface area contributed by atoms with Crippen molar-refractivity contribution in [2.45, 2.75) is 38.6 Å². The third kappa shape index (κ3) is 4.31. The van der Waals surface area contributed by atoms with Gasteiger partial charge in [0.2, 0.25) is 0 Å². The van der Waals surface area contributed by atoms with Crippen LogP contribution in [-0.4, -0.2) is 12.6 Å². The molecule has 1 saturated carbocycles. The van der Waals surface area contributed by atoms with Crippen molar-refractivity contribution in [2.24, 2.45) is 0 Å². The van der Waals surface area contributed by atoms with Gasteiger partial charge in [0.15, 0.2) is 0 Å². The number of nitrogens with one attached hydrogen (secondary N) is 1. The van der Waals surface area contributed by atoms with Gasteiger partial charge in [0, 0.05) is 6.04 Å². The van der Waals surface area contributed by atoms with Gasteiger partial charge >= 0.3 is 0 Å². The topological polar surface area (TPSA) is 12.0 Å². The van der Waals surface area contributed by atoms with E-state index >= 15 is 0 Å². The molecular weight excluding hydrogens is 213 g/mol. The van der Waals surface area contributed by atoms with E-state index in [2.05, 4.69) is 17.5 Å². The summed E-state index contributed by atoms with van der Waals surface area (Å²) in [6.07, 6.45) is 9.05. The molecule has 2 rings (SSSR count). The average molecular weight is 233 g/mol. The number of benzene rings is 1. The van der Waals surface area contributed by atoms with Crippen LogP contribution in [0, 0.1) is 12.7 Å². The van der Waals surface area contributed by atoms with Gasteiger partial charge in [-0.3, -0.25) is 0 Å². The minimum Gasteiger partial charge on any atom is -0.314 e. The van der Waals surface area contributed by atoms with E-state index in [-0.39, 0.29) is 5.82 Å². The quantitative estimate of drug-likeness (QED) is 0.586. The summed E-state index contributed by atoms with van der Waals surface area (Å²) in [5.41, 5.74) is 2.24. The third-order valence-electron chi connectivity index (χ3n) is 3.13. The molecule has 0 spiro atoms. The molecule has 1 fully saturated rings. The predicted octanol–water partition coefficient (Wildman–Crippen LogP) is 3.37. The molecule has 1 nitrogen and oxygen atoms in total. The number of allylic oxidation sites excluding steroid dienone is 1. The molecule has 1 N–H and O–H groups in total. The fraction of sp³-hybridized carbons (Fsp3) is 0.467. The molecule has 0 aromatic heterocycles. The van der Waals surface area contributed by atoms with Crippen molar-refractivity contribution in [1.29, 1.82) is 0 Å². The van der Waals surface area contributed by atoms with E-state index in [1.807, 2.05) is 13.0 Å². The van der Waals surface area contributed by atoms with Crippen molar-refractivity contribution in [3.63, 3.8) is 0 Å². The lowest BCUT2D eigenvalue weighted by Crippen LogP contribution is -2.16. The Morgan fingerprint density at radius 2 is 2.18 bits per heavy atom. The van der Waals surface area contributed by atoms with Crippen LogP contribution in [0.1, 0.15) is 30.4 Å². The standard InChI is InChI=1S/C15H20FN/c1-12-11-14(16)7-6-13(12)5-3-2-4-10-17-15-8-9-15/h2-3,6-7,11,15,17H,4-5,8-10H2,1H3/b3-2+. The first-order valence-corrected chi connectivity index (χ1v) is 6.39. The van der Waals surface area contributed by atoms with Crippen LogP contribution in [0.2, 0.25) is 0 Å². The summed E-state index contributed by atoms with van der Waals surface area (Å²) in [6, 6.07) is 5.79. The van der Waals surface area contributed by atoms with Crippen molar-refractivity contribution in [2.75, 3.05) is 6.54 Å². The Morgan fingerprint density at radius 1 is 1.35 bits per heavy atom. The Bertz CT molecular complexity index is 394. The molecule has 0 bridgehead atoms. The van der Waals surface area contributed by atoms with E-state index in [9.17, 15) is 4.39 Å². The Kier molecular flexibility index (Phi) is 4.32. The zero-order valence-corrected chi connectivity index (χ0v) is 10.4. The molecule has 1 aliphatic rings. The normalized spacial score (nSPS) is 15.6. The van der Waals surface area contributed by atoms with Crippen LogP contribution in [0.15, 0.2) is 30.4 Å². The summed E-state index contributed by atoms with van der Waals surface area (Å²) in [6.45, 7) is 3.03. The maximum atomic E-state index is 12.9. The van der Waals surface area contributed by atoms with E-state index in [0.717, 1.165) is 31.0 Å². The fourth-order valence-corrected chi connectivity index (χ4v) is 1.87. The summed E-state index contributed by atoms with van der Waals surface area (Å²) in [4.78, 5) is 0. The Hall–Kier alpha value is -1.15. The Morgan fingerprint density at radius 3 is 2.88 bits per heavy atom. The van der Waals surface area contributed by atoms with Gasteiger partial charge in [-0.2, -0.15) is 0 Å². The Labute approximate surface area is 103 Å². The molecule has 0 atom stereocenters. The molecule has 0 amide bonds. The van der Waals surface area contributed by atoms with Crippen LogP contribution in [-0.2, 0) is 6.42 Å². The molecule has 0 heterocycles. The van der Waals surface area contributed by atoms with Crippen molar-refractivity contribution >= 4 is 0 Å². The maximum absolute atomic E-state index is 12.9. The molecule has 2 heteroatoms. The van der Waals surface area contributed by atoms with E-state index in [0.29, 0.717) is 0 Å². The lowest BCUT2D eigenvalue weighted by Gasteiger charge is -2.02. The molecule has 0 saturated heterocycles. The third-order valence-corrected chi connectivity index (χ3v) is 3.13. The predicted molar refractivity (Wildman–Crippen MR) is 69.6 cm³/mol. The minimum atomic E-state index is -0.149. The van der Waals surface area contributed by atoms with Crippen LogP contribution in [0.25, 0.3) is 0 Å². The minimum absolute atomic E-state index is 0.149. The number of hydrogen-bond donors (Lipinski definition) is 1. The largest absolute Gasteiger partial charge is 0.314 e. The van der Waals surface area contributed by atoms with Crippen molar-refractivity contribution < 1.29 is 4.39 Å². The first kappa shape index (κ1) is 12.3. The van der Waals surface area contributed by atoms with Crippen LogP contribution >= 0.6 is 0 Å². The van der Waals surface area contributed by atoms with Gasteiger partial charge in [0.25, 0.3) is 0 Å². The lowest BCUT2D eigenvalue weighted by atomic mass is 10.1. The molecule has 92 valence electrons. The zero-order valence-electron chi connectivity index (χ0n) is 10.4. The number of aryl methyl sites for hydroxylation is 1. The van der Waals surface area contributed by atoms with Gasteiger partial charge in [-0.1, -0.05) is 18.2 Å². The number of rotatable bonds is 6. The van der Waals surface area contributed by atoms with E-state index in [1.165, 1.54) is 24.5 Å². The molecule has 1 aromatic rings. The molecule has 0 radical (unpaired) electrons. The Balaban J connectivity index is 1.70. The van der Waals surface area contributed by atoms with Gasteiger partial charge in [0.05, 0.1) is 0 Å². The molecule has 1 aromatic carbocycles. The van der Waals surface area contributed by atoms with Gasteiger partial charge in [-0.15, -0.1) is 0 Å². The summed E-state index contributed by atoms with van der Waals surface area (Å²) >= 11 is 0. The van der Waals surface area contributed by atoms with Gasteiger partial charge in [-0.05, 0) is 62.4 Å². The first-order chi connectivity index (χ1) is 8.25. The van der Waals surface area contributed by atoms with Crippen LogP contribution in [0.4, 0.5) is 4.39 Å². The second-order valence-electron chi connectivity index (χ2n) is 4.76. The number of hydrogen-bond acceptors (Lipinski definition) is 1. The highest BCUT2D eigenvalue weighted by Gasteiger charge is 2.19. The van der Waals surface area contributed by atoms with Crippen LogP contribution in [0.5, 0.6) is 0 Å². The second kappa shape index (κ2) is 5.97. The van der Waals surface area contributed by atoms with Crippen LogP contribution in [0.3, 0.4) is 0 Å². The van der Waals surface area contributed by atoms with Gasteiger partial charge in [0.1, 0.15) is 5.82 Å². The average Bonchev–Trinajstić information content (AvgIpc) is 3.09. The monoisotopic (exact) mass is 233 g/mol. The first-order valence-electron chi connectivity index (χ1n) is 6.39. The highest BCUT2D eigenvalue weighted by Crippen LogP contribution is 2.18. The summed E-state index contributed by atoms with van der Waals surface area (Å²) in [5, 5.41) is 3.47. The molecule has 0 unspecified atom stereocenters. The maximum Gasteiger partial charge on any atom is 0.123 e. The van der Waals surface area contributed by atoms with Crippen molar-refractivity contribution in [3.05, 3.63) is 47.3 Å². The molecule has 0 aliphatic heterocycles. The summed E-state index contributed by atoms with van der Waals surface area (Å²) in [7, 11) is 0. The lowest BCUT2D eigenvalue weighted by molar-refractivity contribution is 0.626. The van der Waals surface area contributed by atoms with Gasteiger partial charge < -0.3 is 5.32 Å². The summed E-state index contributed by atoms with van der Waals surface area (Å²) < 4.78 is 12.9. The molecule has 17 heavy (non-hydrogen) atoms.